The zero-order chi connectivity index (χ0) is 23.9. The topological polar surface area (TPSA) is 61.4 Å². The van der Waals surface area contributed by atoms with Crippen molar-refractivity contribution in [3.63, 3.8) is 0 Å². The van der Waals surface area contributed by atoms with Gasteiger partial charge in [0.15, 0.2) is 0 Å². The maximum atomic E-state index is 13.8. The first-order valence-corrected chi connectivity index (χ1v) is 11.2. The minimum absolute atomic E-state index is 0.0198. The molecule has 2 rings (SSSR count). The highest BCUT2D eigenvalue weighted by molar-refractivity contribution is 6.31. The first-order valence-electron chi connectivity index (χ1n) is 10.9. The summed E-state index contributed by atoms with van der Waals surface area (Å²) in [7, 11) is 0. The summed E-state index contributed by atoms with van der Waals surface area (Å²) in [5.41, 5.74) is 0.241. The second kappa shape index (κ2) is 11.7. The van der Waals surface area contributed by atoms with Crippen molar-refractivity contribution in [3.8, 4) is 0 Å². The van der Waals surface area contributed by atoms with Crippen LogP contribution in [-0.2, 0) is 4.79 Å². The number of nitrogens with zero attached hydrogens (tertiary/aromatic N) is 1. The van der Waals surface area contributed by atoms with Crippen LogP contribution in [0.2, 0.25) is 5.02 Å². The molecule has 2 N–H and O–H groups in total. The molecule has 2 atom stereocenters. The molecule has 3 amide bonds. The number of nitrogens with one attached hydrogen (secondary N) is 2. The molecule has 1 saturated heterocycles. The highest BCUT2D eigenvalue weighted by atomic mass is 35.5. The Morgan fingerprint density at radius 3 is 2.41 bits per heavy atom. The molecule has 1 fully saturated rings. The standard InChI is InChI=1S/C22H30ClF4N3O2/c1-3-4-15(22(25,26)27)5-8-20(18-13-16(24)6-7-19(18)23)29-21(32)28-17-9-11-30(12-10-17)14(2)31/h6-7,13,15,17,20H,3-5,8-12H2,1-2H3,(H2,28,29,32). The number of alkyl halides is 3. The Morgan fingerprint density at radius 1 is 1.19 bits per heavy atom. The quantitative estimate of drug-likeness (QED) is 0.477. The van der Waals surface area contributed by atoms with Gasteiger partial charge >= 0.3 is 12.2 Å². The van der Waals surface area contributed by atoms with Gasteiger partial charge < -0.3 is 15.5 Å². The van der Waals surface area contributed by atoms with Crippen LogP contribution in [-0.4, -0.2) is 42.1 Å². The van der Waals surface area contributed by atoms with Crippen molar-refractivity contribution >= 4 is 23.5 Å². The highest BCUT2D eigenvalue weighted by Gasteiger charge is 2.39. The van der Waals surface area contributed by atoms with Crippen molar-refractivity contribution in [1.29, 1.82) is 0 Å². The summed E-state index contributed by atoms with van der Waals surface area (Å²) in [6.45, 7) is 4.21. The highest BCUT2D eigenvalue weighted by Crippen LogP contribution is 2.36. The molecule has 5 nitrogen and oxygen atoms in total. The van der Waals surface area contributed by atoms with Gasteiger partial charge in [0.25, 0.3) is 0 Å². The fraction of sp³-hybridized carbons (Fsp3) is 0.636. The molecule has 1 aliphatic heterocycles. The summed E-state index contributed by atoms with van der Waals surface area (Å²) in [5.74, 6) is -2.13. The van der Waals surface area contributed by atoms with Crippen LogP contribution in [0.5, 0.6) is 0 Å². The molecular formula is C22H30ClF4N3O2. The van der Waals surface area contributed by atoms with Gasteiger partial charge in [-0.2, -0.15) is 13.2 Å². The van der Waals surface area contributed by atoms with Crippen LogP contribution in [0.1, 0.15) is 64.0 Å². The van der Waals surface area contributed by atoms with Crippen LogP contribution in [0.4, 0.5) is 22.4 Å². The Morgan fingerprint density at radius 2 is 1.84 bits per heavy atom. The number of carbonyl (C=O) groups is 2. The van der Waals surface area contributed by atoms with Crippen LogP contribution >= 0.6 is 11.6 Å². The first kappa shape index (κ1) is 26.2. The molecule has 0 radical (unpaired) electrons. The van der Waals surface area contributed by atoms with Gasteiger partial charge in [-0.15, -0.1) is 0 Å². The van der Waals surface area contributed by atoms with E-state index in [0.29, 0.717) is 32.4 Å². The second-order valence-electron chi connectivity index (χ2n) is 8.22. The van der Waals surface area contributed by atoms with Gasteiger partial charge in [0.05, 0.1) is 12.0 Å². The average Bonchev–Trinajstić information content (AvgIpc) is 2.71. The third-order valence-electron chi connectivity index (χ3n) is 5.82. The van der Waals surface area contributed by atoms with E-state index in [9.17, 15) is 27.2 Å². The molecule has 2 unspecified atom stereocenters. The van der Waals surface area contributed by atoms with E-state index in [2.05, 4.69) is 10.6 Å². The molecule has 10 heteroatoms. The number of hydrogen-bond donors (Lipinski definition) is 2. The molecular weight excluding hydrogens is 450 g/mol. The normalized spacial score (nSPS) is 17.0. The number of carbonyl (C=O) groups excluding carboxylic acids is 2. The lowest BCUT2D eigenvalue weighted by atomic mass is 9.92. The molecule has 0 spiro atoms. The second-order valence-corrected chi connectivity index (χ2v) is 8.63. The Balaban J connectivity index is 2.08. The molecule has 1 heterocycles. The van der Waals surface area contributed by atoms with E-state index in [1.165, 1.54) is 13.0 Å². The number of benzene rings is 1. The van der Waals surface area contributed by atoms with Crippen LogP contribution in [0.15, 0.2) is 18.2 Å². The predicted molar refractivity (Wildman–Crippen MR) is 115 cm³/mol. The lowest BCUT2D eigenvalue weighted by Crippen LogP contribution is -2.49. The van der Waals surface area contributed by atoms with Gasteiger partial charge in [-0.1, -0.05) is 24.9 Å². The Labute approximate surface area is 190 Å². The molecule has 0 bridgehead atoms. The number of urea groups is 1. The maximum absolute atomic E-state index is 13.8. The van der Waals surface area contributed by atoms with E-state index in [1.807, 2.05) is 0 Å². The van der Waals surface area contributed by atoms with E-state index in [-0.39, 0.29) is 41.8 Å². The summed E-state index contributed by atoms with van der Waals surface area (Å²) < 4.78 is 53.9. The lowest BCUT2D eigenvalue weighted by Gasteiger charge is -2.32. The van der Waals surface area contributed by atoms with Crippen molar-refractivity contribution in [2.45, 2.75) is 70.6 Å². The SMILES string of the molecule is CCCC(CCC(NC(=O)NC1CCN(C(C)=O)CC1)c1cc(F)ccc1Cl)C(F)(F)F. The van der Waals surface area contributed by atoms with Gasteiger partial charge in [-0.25, -0.2) is 9.18 Å². The number of amides is 3. The predicted octanol–water partition coefficient (Wildman–Crippen LogP) is 5.59. The smallest absolute Gasteiger partial charge is 0.343 e. The Bertz CT molecular complexity index is 783. The number of rotatable bonds is 8. The maximum Gasteiger partial charge on any atom is 0.391 e. The molecule has 1 aromatic carbocycles. The van der Waals surface area contributed by atoms with Crippen LogP contribution in [0, 0.1) is 11.7 Å². The fourth-order valence-electron chi connectivity index (χ4n) is 4.00. The van der Waals surface area contributed by atoms with Crippen molar-refractivity contribution in [2.75, 3.05) is 13.1 Å². The van der Waals surface area contributed by atoms with E-state index in [0.717, 1.165) is 12.1 Å². The number of halogens is 5. The Kier molecular flexibility index (Phi) is 9.61. The van der Waals surface area contributed by atoms with Crippen molar-refractivity contribution in [3.05, 3.63) is 34.6 Å². The van der Waals surface area contributed by atoms with Crippen molar-refractivity contribution in [1.82, 2.24) is 15.5 Å². The lowest BCUT2D eigenvalue weighted by molar-refractivity contribution is -0.178. The van der Waals surface area contributed by atoms with E-state index < -0.39 is 30.0 Å². The van der Waals surface area contributed by atoms with Crippen molar-refractivity contribution < 1.29 is 27.2 Å². The first-order chi connectivity index (χ1) is 15.0. The summed E-state index contributed by atoms with van der Waals surface area (Å²) in [4.78, 5) is 25.7. The van der Waals surface area contributed by atoms with E-state index in [1.54, 1.807) is 11.8 Å². The van der Waals surface area contributed by atoms with E-state index >= 15 is 0 Å². The number of piperidine rings is 1. The molecule has 0 saturated carbocycles. The minimum atomic E-state index is -4.35. The molecule has 0 aromatic heterocycles. The number of hydrogen-bond acceptors (Lipinski definition) is 2. The minimum Gasteiger partial charge on any atom is -0.343 e. The molecule has 1 aromatic rings. The summed E-state index contributed by atoms with van der Waals surface area (Å²) in [6, 6.07) is 2.01. The third kappa shape index (κ3) is 7.83. The zero-order valence-corrected chi connectivity index (χ0v) is 19.0. The molecule has 1 aliphatic rings. The summed E-state index contributed by atoms with van der Waals surface area (Å²) in [6.07, 6.45) is -3.10. The van der Waals surface area contributed by atoms with Crippen LogP contribution in [0.25, 0.3) is 0 Å². The van der Waals surface area contributed by atoms with Gasteiger partial charge in [0.2, 0.25) is 5.91 Å². The zero-order valence-electron chi connectivity index (χ0n) is 18.3. The van der Waals surface area contributed by atoms with Crippen LogP contribution < -0.4 is 10.6 Å². The molecule has 180 valence electrons. The average molecular weight is 480 g/mol. The van der Waals surface area contributed by atoms with E-state index in [4.69, 9.17) is 11.6 Å². The molecule has 0 aliphatic carbocycles. The fourth-order valence-corrected chi connectivity index (χ4v) is 4.25. The summed E-state index contributed by atoms with van der Waals surface area (Å²) in [5, 5.41) is 5.66. The summed E-state index contributed by atoms with van der Waals surface area (Å²) >= 11 is 6.18. The van der Waals surface area contributed by atoms with Gasteiger partial charge in [0.1, 0.15) is 5.82 Å². The molecule has 32 heavy (non-hydrogen) atoms. The third-order valence-corrected chi connectivity index (χ3v) is 6.16. The van der Waals surface area contributed by atoms with Gasteiger partial charge in [0, 0.05) is 31.1 Å². The Hall–Kier alpha value is -2.03. The van der Waals surface area contributed by atoms with Gasteiger partial charge in [-0.3, -0.25) is 4.79 Å². The largest absolute Gasteiger partial charge is 0.391 e. The van der Waals surface area contributed by atoms with Gasteiger partial charge in [-0.05, 0) is 55.9 Å². The number of likely N-dealkylation sites (tertiary alicyclic amines) is 1. The van der Waals surface area contributed by atoms with Crippen molar-refractivity contribution in [2.24, 2.45) is 5.92 Å². The van der Waals surface area contributed by atoms with Crippen LogP contribution in [0.3, 0.4) is 0 Å². The monoisotopic (exact) mass is 479 g/mol.